The van der Waals surface area contributed by atoms with E-state index in [1.54, 1.807) is 24.7 Å². The summed E-state index contributed by atoms with van der Waals surface area (Å²) in [5.41, 5.74) is 0. The molecule has 0 spiro atoms. The van der Waals surface area contributed by atoms with Gasteiger partial charge in [0.2, 0.25) is 0 Å². The number of aromatic nitrogens is 2. The van der Waals surface area contributed by atoms with Crippen molar-refractivity contribution in [1.82, 2.24) is 14.3 Å². The summed E-state index contributed by atoms with van der Waals surface area (Å²) >= 11 is 3.50. The highest BCUT2D eigenvalue weighted by Crippen LogP contribution is 2.32. The van der Waals surface area contributed by atoms with Crippen LogP contribution in [0.5, 0.6) is 0 Å². The molecule has 2 rings (SSSR count). The SMILES string of the molecule is Cc1nc(S(=O)(=O)NCC2CCCC2CBr)cn1C. The number of sulfonamides is 1. The number of aryl methyl sites for hydroxylation is 2. The van der Waals surface area contributed by atoms with Crippen LogP contribution in [-0.2, 0) is 17.1 Å². The highest BCUT2D eigenvalue weighted by Gasteiger charge is 2.28. The van der Waals surface area contributed by atoms with E-state index >= 15 is 0 Å². The molecule has 1 aliphatic carbocycles. The van der Waals surface area contributed by atoms with Crippen molar-refractivity contribution < 1.29 is 8.42 Å². The zero-order chi connectivity index (χ0) is 14.0. The molecule has 19 heavy (non-hydrogen) atoms. The van der Waals surface area contributed by atoms with Crippen LogP contribution in [0.4, 0.5) is 0 Å². The first-order valence-corrected chi connectivity index (χ1v) is 9.10. The number of hydrogen-bond donors (Lipinski definition) is 1. The van der Waals surface area contributed by atoms with Crippen molar-refractivity contribution >= 4 is 26.0 Å². The highest BCUT2D eigenvalue weighted by atomic mass is 79.9. The van der Waals surface area contributed by atoms with Crippen LogP contribution in [0.25, 0.3) is 0 Å². The largest absolute Gasteiger partial charge is 0.337 e. The number of nitrogens with zero attached hydrogens (tertiary/aromatic N) is 2. The summed E-state index contributed by atoms with van der Waals surface area (Å²) in [6.45, 7) is 2.30. The maximum absolute atomic E-state index is 12.2. The standard InChI is InChI=1S/C12H20BrN3O2S/c1-9-15-12(8-16(9)2)19(17,18)14-7-11-5-3-4-10(11)6-13/h8,10-11,14H,3-7H2,1-2H3. The van der Waals surface area contributed by atoms with E-state index in [-0.39, 0.29) is 5.03 Å². The van der Waals surface area contributed by atoms with Crippen LogP contribution in [0.3, 0.4) is 0 Å². The van der Waals surface area contributed by atoms with Crippen molar-refractivity contribution in [1.29, 1.82) is 0 Å². The van der Waals surface area contributed by atoms with E-state index in [1.165, 1.54) is 12.8 Å². The third-order valence-corrected chi connectivity index (χ3v) is 6.04. The van der Waals surface area contributed by atoms with Crippen molar-refractivity contribution in [2.24, 2.45) is 18.9 Å². The number of hydrogen-bond acceptors (Lipinski definition) is 3. The first-order chi connectivity index (χ1) is 8.94. The maximum Gasteiger partial charge on any atom is 0.259 e. The minimum Gasteiger partial charge on any atom is -0.337 e. The minimum atomic E-state index is -3.48. The molecule has 1 heterocycles. The van der Waals surface area contributed by atoms with E-state index < -0.39 is 10.0 Å². The zero-order valence-electron chi connectivity index (χ0n) is 11.3. The van der Waals surface area contributed by atoms with Crippen molar-refractivity contribution in [3.63, 3.8) is 0 Å². The molecule has 5 nitrogen and oxygen atoms in total. The molecule has 0 radical (unpaired) electrons. The Morgan fingerprint density at radius 1 is 1.47 bits per heavy atom. The summed E-state index contributed by atoms with van der Waals surface area (Å²) in [7, 11) is -1.69. The smallest absolute Gasteiger partial charge is 0.259 e. The lowest BCUT2D eigenvalue weighted by Gasteiger charge is -2.17. The third-order valence-electron chi connectivity index (χ3n) is 3.91. The first kappa shape index (κ1) is 15.0. The van der Waals surface area contributed by atoms with Gasteiger partial charge in [0.05, 0.1) is 0 Å². The number of imidazole rings is 1. The topological polar surface area (TPSA) is 64.0 Å². The predicted molar refractivity (Wildman–Crippen MR) is 77.8 cm³/mol. The Morgan fingerprint density at radius 3 is 2.74 bits per heavy atom. The fraction of sp³-hybridized carbons (Fsp3) is 0.750. The summed E-state index contributed by atoms with van der Waals surface area (Å²) in [6.07, 6.45) is 5.01. The molecule has 0 amide bonds. The molecule has 1 fully saturated rings. The number of halogens is 1. The van der Waals surface area contributed by atoms with Gasteiger partial charge in [0.15, 0.2) is 5.03 Å². The maximum atomic E-state index is 12.2. The summed E-state index contributed by atoms with van der Waals surface area (Å²) in [5, 5.41) is 1.06. The second kappa shape index (κ2) is 5.93. The van der Waals surface area contributed by atoms with Crippen LogP contribution in [0.15, 0.2) is 11.2 Å². The van der Waals surface area contributed by atoms with Crippen LogP contribution in [0.2, 0.25) is 0 Å². The van der Waals surface area contributed by atoms with Gasteiger partial charge in [0.25, 0.3) is 10.0 Å². The lowest BCUT2D eigenvalue weighted by atomic mass is 9.99. The fourth-order valence-electron chi connectivity index (χ4n) is 2.53. The van der Waals surface area contributed by atoms with Gasteiger partial charge in [-0.15, -0.1) is 0 Å². The highest BCUT2D eigenvalue weighted by molar-refractivity contribution is 9.09. The van der Waals surface area contributed by atoms with Gasteiger partial charge in [0.1, 0.15) is 5.82 Å². The molecule has 1 aromatic heterocycles. The van der Waals surface area contributed by atoms with Gasteiger partial charge in [-0.3, -0.25) is 0 Å². The number of rotatable bonds is 5. The van der Waals surface area contributed by atoms with Crippen molar-refractivity contribution in [2.45, 2.75) is 31.2 Å². The molecule has 2 atom stereocenters. The lowest BCUT2D eigenvalue weighted by molar-refractivity contribution is 0.422. The Hall–Kier alpha value is -0.400. The van der Waals surface area contributed by atoms with Crippen LogP contribution >= 0.6 is 15.9 Å². The van der Waals surface area contributed by atoms with Gasteiger partial charge in [-0.1, -0.05) is 22.4 Å². The Kier molecular flexibility index (Phi) is 4.68. The molecule has 7 heteroatoms. The summed E-state index contributed by atoms with van der Waals surface area (Å²) < 4.78 is 28.7. The van der Waals surface area contributed by atoms with Crippen molar-refractivity contribution in [3.05, 3.63) is 12.0 Å². The van der Waals surface area contributed by atoms with E-state index in [2.05, 4.69) is 25.6 Å². The van der Waals surface area contributed by atoms with Crippen LogP contribution in [0.1, 0.15) is 25.1 Å². The molecule has 1 aromatic rings. The summed E-state index contributed by atoms with van der Waals surface area (Å²) in [6, 6.07) is 0. The van der Waals surface area contributed by atoms with Gasteiger partial charge in [-0.05, 0) is 31.6 Å². The van der Waals surface area contributed by atoms with Crippen LogP contribution in [0, 0.1) is 18.8 Å². The van der Waals surface area contributed by atoms with E-state index in [0.717, 1.165) is 11.8 Å². The molecule has 1 N–H and O–H groups in total. The van der Waals surface area contributed by atoms with E-state index in [1.807, 2.05) is 0 Å². The average Bonchev–Trinajstić information content (AvgIpc) is 2.94. The second-order valence-electron chi connectivity index (χ2n) is 5.19. The minimum absolute atomic E-state index is 0.112. The molecule has 108 valence electrons. The van der Waals surface area contributed by atoms with Gasteiger partial charge in [-0.25, -0.2) is 18.1 Å². The second-order valence-corrected chi connectivity index (χ2v) is 7.56. The zero-order valence-corrected chi connectivity index (χ0v) is 13.7. The normalized spacial score (nSPS) is 23.9. The lowest BCUT2D eigenvalue weighted by Crippen LogP contribution is -2.31. The molecular formula is C12H20BrN3O2S. The molecule has 0 saturated heterocycles. The summed E-state index contributed by atoms with van der Waals surface area (Å²) in [4.78, 5) is 4.07. The molecule has 1 saturated carbocycles. The number of nitrogens with one attached hydrogen (secondary N) is 1. The van der Waals surface area contributed by atoms with Crippen LogP contribution in [-0.4, -0.2) is 29.8 Å². The third kappa shape index (κ3) is 3.38. The van der Waals surface area contributed by atoms with Gasteiger partial charge < -0.3 is 4.57 Å². The Balaban J connectivity index is 2.02. The van der Waals surface area contributed by atoms with Crippen molar-refractivity contribution in [2.75, 3.05) is 11.9 Å². The van der Waals surface area contributed by atoms with Gasteiger partial charge in [0, 0.05) is 25.1 Å². The fourth-order valence-corrected chi connectivity index (χ4v) is 4.51. The van der Waals surface area contributed by atoms with E-state index in [0.29, 0.717) is 24.2 Å². The predicted octanol–water partition coefficient (Wildman–Crippen LogP) is 1.82. The first-order valence-electron chi connectivity index (χ1n) is 6.49. The van der Waals surface area contributed by atoms with E-state index in [9.17, 15) is 8.42 Å². The molecule has 0 bridgehead atoms. The summed E-state index contributed by atoms with van der Waals surface area (Å²) in [5.74, 6) is 1.70. The molecule has 0 aliphatic heterocycles. The number of alkyl halides is 1. The van der Waals surface area contributed by atoms with Crippen molar-refractivity contribution in [3.8, 4) is 0 Å². The molecular weight excluding hydrogens is 330 g/mol. The molecule has 1 aliphatic rings. The van der Waals surface area contributed by atoms with Gasteiger partial charge >= 0.3 is 0 Å². The average molecular weight is 350 g/mol. The van der Waals surface area contributed by atoms with E-state index in [4.69, 9.17) is 0 Å². The molecule has 0 aromatic carbocycles. The Bertz CT molecular complexity index is 522. The quantitative estimate of drug-likeness (QED) is 0.824. The monoisotopic (exact) mass is 349 g/mol. The molecule has 2 unspecified atom stereocenters. The van der Waals surface area contributed by atoms with Crippen LogP contribution < -0.4 is 4.72 Å². The Morgan fingerprint density at radius 2 is 2.16 bits per heavy atom. The van der Waals surface area contributed by atoms with Gasteiger partial charge in [-0.2, -0.15) is 0 Å². The Labute approximate surface area is 123 Å².